The lowest BCUT2D eigenvalue weighted by Gasteiger charge is -2.35. The van der Waals surface area contributed by atoms with Crippen molar-refractivity contribution in [1.29, 1.82) is 0 Å². The molecule has 1 saturated heterocycles. The van der Waals surface area contributed by atoms with Gasteiger partial charge in [0.1, 0.15) is 23.7 Å². The van der Waals surface area contributed by atoms with Crippen LogP contribution in [0.15, 0.2) is 40.0 Å². The summed E-state index contributed by atoms with van der Waals surface area (Å²) in [5, 5.41) is 6.77. The zero-order chi connectivity index (χ0) is 20.9. The largest absolute Gasteiger partial charge is 0.364 e. The second kappa shape index (κ2) is 11.0. The number of rotatable bonds is 6. The summed E-state index contributed by atoms with van der Waals surface area (Å²) in [5.74, 6) is -0.534. The van der Waals surface area contributed by atoms with Gasteiger partial charge in [-0.05, 0) is 30.2 Å². The third kappa shape index (κ3) is 6.35. The van der Waals surface area contributed by atoms with E-state index in [9.17, 15) is 17.2 Å². The molecule has 1 fully saturated rings. The second-order valence-corrected chi connectivity index (χ2v) is 8.56. The summed E-state index contributed by atoms with van der Waals surface area (Å²) in [4.78, 5) is 6.14. The topological polar surface area (TPSA) is 91.0 Å². The fourth-order valence-electron chi connectivity index (χ4n) is 3.14. The van der Waals surface area contributed by atoms with Crippen molar-refractivity contribution in [2.75, 3.05) is 39.8 Å². The van der Waals surface area contributed by atoms with E-state index in [-0.39, 0.29) is 35.3 Å². The van der Waals surface area contributed by atoms with Crippen LogP contribution in [0.3, 0.4) is 0 Å². The molecule has 1 aromatic carbocycles. The van der Waals surface area contributed by atoms with Gasteiger partial charge in [0.05, 0.1) is 5.69 Å². The quantitative estimate of drug-likeness (QED) is 0.333. The number of guanidine groups is 1. The number of benzene rings is 1. The zero-order valence-corrected chi connectivity index (χ0v) is 19.6. The van der Waals surface area contributed by atoms with Crippen LogP contribution >= 0.6 is 24.0 Å². The van der Waals surface area contributed by atoms with Crippen molar-refractivity contribution in [3.05, 3.63) is 53.4 Å². The summed E-state index contributed by atoms with van der Waals surface area (Å²) in [5.41, 5.74) is 0.659. The molecule has 0 saturated carbocycles. The number of aromatic nitrogens is 1. The molecule has 1 aromatic heterocycles. The third-order valence-corrected chi connectivity index (χ3v) is 6.46. The first-order valence-corrected chi connectivity index (χ1v) is 10.8. The Labute approximate surface area is 191 Å². The molecule has 0 bridgehead atoms. The molecule has 8 nitrogen and oxygen atoms in total. The van der Waals surface area contributed by atoms with Gasteiger partial charge in [-0.3, -0.25) is 4.99 Å². The average molecular weight is 555 g/mol. The average Bonchev–Trinajstić information content (AvgIpc) is 3.20. The van der Waals surface area contributed by atoms with Gasteiger partial charge in [0.2, 0.25) is 10.0 Å². The molecule has 0 unspecified atom stereocenters. The van der Waals surface area contributed by atoms with E-state index in [0.29, 0.717) is 50.8 Å². The maximum Gasteiger partial charge on any atom is 0.220 e. The monoisotopic (exact) mass is 555 g/mol. The molecule has 1 aliphatic heterocycles. The van der Waals surface area contributed by atoms with Gasteiger partial charge in [-0.15, -0.1) is 24.0 Å². The number of halogens is 3. The van der Waals surface area contributed by atoms with E-state index in [0.717, 1.165) is 12.1 Å². The predicted octanol–water partition coefficient (Wildman–Crippen LogP) is 1.84. The summed E-state index contributed by atoms with van der Waals surface area (Å²) in [6.07, 6.45) is 1.64. The Kier molecular flexibility index (Phi) is 8.97. The summed E-state index contributed by atoms with van der Waals surface area (Å²) < 4.78 is 58.1. The van der Waals surface area contributed by atoms with Crippen LogP contribution in [0.25, 0.3) is 0 Å². The molecule has 2 aromatic rings. The van der Waals surface area contributed by atoms with Crippen molar-refractivity contribution in [2.45, 2.75) is 12.2 Å². The molecule has 0 atom stereocenters. The molecule has 0 radical (unpaired) electrons. The highest BCUT2D eigenvalue weighted by molar-refractivity contribution is 14.0. The Balaban J connectivity index is 0.00000320. The van der Waals surface area contributed by atoms with E-state index in [2.05, 4.69) is 20.0 Å². The summed E-state index contributed by atoms with van der Waals surface area (Å²) in [7, 11) is -1.85. The molecule has 1 aliphatic rings. The number of aliphatic imine (C=N–C) groups is 1. The Morgan fingerprint density at radius 3 is 2.60 bits per heavy atom. The Hall–Kier alpha value is -1.80. The Morgan fingerprint density at radius 2 is 1.97 bits per heavy atom. The molecule has 30 heavy (non-hydrogen) atoms. The van der Waals surface area contributed by atoms with E-state index in [1.54, 1.807) is 7.05 Å². The predicted molar refractivity (Wildman–Crippen MR) is 119 cm³/mol. The molecule has 166 valence electrons. The van der Waals surface area contributed by atoms with Crippen molar-refractivity contribution >= 4 is 40.0 Å². The van der Waals surface area contributed by atoms with E-state index in [1.807, 2.05) is 4.90 Å². The van der Waals surface area contributed by atoms with Gasteiger partial charge in [0, 0.05) is 45.8 Å². The van der Waals surface area contributed by atoms with Gasteiger partial charge < -0.3 is 14.7 Å². The number of hydrogen-bond donors (Lipinski definition) is 1. The molecular weight excluding hydrogens is 531 g/mol. The van der Waals surface area contributed by atoms with E-state index in [4.69, 9.17) is 0 Å². The highest BCUT2D eigenvalue weighted by atomic mass is 127. The molecule has 0 spiro atoms. The van der Waals surface area contributed by atoms with Crippen molar-refractivity contribution in [3.63, 3.8) is 0 Å². The van der Waals surface area contributed by atoms with Gasteiger partial charge >= 0.3 is 0 Å². The molecular formula is C18H24F2IN5O3S. The number of nitrogens with zero attached hydrogens (tertiary/aromatic N) is 4. The minimum atomic E-state index is -3.48. The fourth-order valence-corrected chi connectivity index (χ4v) is 4.57. The summed E-state index contributed by atoms with van der Waals surface area (Å²) in [6.45, 7) is 1.94. The summed E-state index contributed by atoms with van der Waals surface area (Å²) >= 11 is 0. The third-order valence-electron chi connectivity index (χ3n) is 4.65. The second-order valence-electron chi connectivity index (χ2n) is 6.59. The molecule has 1 N–H and O–H groups in total. The normalized spacial score (nSPS) is 15.7. The lowest BCUT2D eigenvalue weighted by molar-refractivity contribution is 0.260. The standard InChI is InChI=1S/C18H23F2N5O3S.HI/c1-21-18(22-6-4-14-12-15(19)2-3-17(14)20)24-7-9-25(10-8-24)29(26,27)13-16-5-11-28-23-16;/h2-3,5,11-12H,4,6-10,13H2,1H3,(H,21,22);1H. The smallest absolute Gasteiger partial charge is 0.220 e. The van der Waals surface area contributed by atoms with Crippen molar-refractivity contribution in [3.8, 4) is 0 Å². The molecule has 2 heterocycles. The first-order chi connectivity index (χ1) is 13.9. The van der Waals surface area contributed by atoms with E-state index >= 15 is 0 Å². The van der Waals surface area contributed by atoms with Gasteiger partial charge in [0.25, 0.3) is 0 Å². The van der Waals surface area contributed by atoms with Crippen molar-refractivity contribution in [1.82, 2.24) is 19.7 Å². The lowest BCUT2D eigenvalue weighted by atomic mass is 10.1. The van der Waals surface area contributed by atoms with E-state index in [1.165, 1.54) is 22.7 Å². The molecule has 0 amide bonds. The minimum absolute atomic E-state index is 0. The maximum atomic E-state index is 13.7. The Bertz CT molecular complexity index is 949. The van der Waals surface area contributed by atoms with Gasteiger partial charge in [-0.1, -0.05) is 5.16 Å². The molecule has 12 heteroatoms. The number of hydrogen-bond acceptors (Lipinski definition) is 5. The van der Waals surface area contributed by atoms with Crippen LogP contribution in [-0.2, 0) is 22.2 Å². The highest BCUT2D eigenvalue weighted by Crippen LogP contribution is 2.13. The zero-order valence-electron chi connectivity index (χ0n) is 16.4. The SMILES string of the molecule is CN=C(NCCc1cc(F)ccc1F)N1CCN(S(=O)(=O)Cc2ccon2)CC1.I. The lowest BCUT2D eigenvalue weighted by Crippen LogP contribution is -2.54. The minimum Gasteiger partial charge on any atom is -0.364 e. The van der Waals surface area contributed by atoms with Crippen LogP contribution in [-0.4, -0.2) is 68.5 Å². The van der Waals surface area contributed by atoms with Crippen LogP contribution in [0.4, 0.5) is 8.78 Å². The van der Waals surface area contributed by atoms with E-state index < -0.39 is 21.7 Å². The van der Waals surface area contributed by atoms with Crippen LogP contribution in [0.5, 0.6) is 0 Å². The number of piperazine rings is 1. The van der Waals surface area contributed by atoms with Gasteiger partial charge in [0.15, 0.2) is 5.96 Å². The van der Waals surface area contributed by atoms with Crippen molar-refractivity contribution in [2.24, 2.45) is 4.99 Å². The van der Waals surface area contributed by atoms with Crippen molar-refractivity contribution < 1.29 is 21.7 Å². The molecule has 0 aliphatic carbocycles. The fraction of sp³-hybridized carbons (Fsp3) is 0.444. The van der Waals surface area contributed by atoms with Crippen LogP contribution in [0, 0.1) is 11.6 Å². The first kappa shape index (κ1) is 24.5. The van der Waals surface area contributed by atoms with Gasteiger partial charge in [-0.2, -0.15) is 4.31 Å². The Morgan fingerprint density at radius 1 is 1.23 bits per heavy atom. The first-order valence-electron chi connectivity index (χ1n) is 9.15. The van der Waals surface area contributed by atoms with Crippen LogP contribution in [0.1, 0.15) is 11.3 Å². The van der Waals surface area contributed by atoms with Gasteiger partial charge in [-0.25, -0.2) is 17.2 Å². The molecule has 3 rings (SSSR count). The highest BCUT2D eigenvalue weighted by Gasteiger charge is 2.28. The number of sulfonamides is 1. The number of nitrogens with one attached hydrogen (secondary N) is 1. The van der Waals surface area contributed by atoms with Crippen LogP contribution in [0.2, 0.25) is 0 Å². The van der Waals surface area contributed by atoms with Crippen LogP contribution < -0.4 is 5.32 Å². The summed E-state index contributed by atoms with van der Waals surface area (Å²) in [6, 6.07) is 4.90. The maximum absolute atomic E-state index is 13.7.